The fourth-order valence-corrected chi connectivity index (χ4v) is 3.56. The fraction of sp³-hybridized carbons (Fsp3) is 0.333. The van der Waals surface area contributed by atoms with Gasteiger partial charge in [-0.2, -0.15) is 0 Å². The summed E-state index contributed by atoms with van der Waals surface area (Å²) in [6, 6.07) is 5.89. The molecule has 150 valence electrons. The van der Waals surface area contributed by atoms with Gasteiger partial charge < -0.3 is 20.4 Å². The third-order valence-electron chi connectivity index (χ3n) is 5.43. The highest BCUT2D eigenvalue weighted by Gasteiger charge is 2.20. The van der Waals surface area contributed by atoms with Crippen molar-refractivity contribution in [1.82, 2.24) is 25.5 Å². The number of anilines is 1. The summed E-state index contributed by atoms with van der Waals surface area (Å²) in [5, 5.41) is 6.30. The highest BCUT2D eigenvalue weighted by Crippen LogP contribution is 2.21. The number of carbonyl (C=O) groups is 1. The van der Waals surface area contributed by atoms with E-state index in [-0.39, 0.29) is 5.91 Å². The Balaban J connectivity index is 1.54. The molecule has 0 spiro atoms. The maximum atomic E-state index is 12.9. The maximum Gasteiger partial charge on any atom is 0.258 e. The van der Waals surface area contributed by atoms with Crippen LogP contribution in [0, 0.1) is 0 Å². The molecule has 1 saturated heterocycles. The molecule has 8 heteroatoms. The molecule has 3 heterocycles. The van der Waals surface area contributed by atoms with Gasteiger partial charge in [-0.05, 0) is 44.1 Å². The largest absolute Gasteiger partial charge is 0.355 e. The molecule has 1 fully saturated rings. The summed E-state index contributed by atoms with van der Waals surface area (Å²) in [5.41, 5.74) is 2.68. The number of amides is 1. The second-order valence-corrected chi connectivity index (χ2v) is 7.31. The zero-order chi connectivity index (χ0) is 20.4. The van der Waals surface area contributed by atoms with Gasteiger partial charge in [0.1, 0.15) is 11.6 Å². The van der Waals surface area contributed by atoms with Gasteiger partial charge >= 0.3 is 0 Å². The van der Waals surface area contributed by atoms with E-state index in [2.05, 4.69) is 39.1 Å². The highest BCUT2D eigenvalue weighted by atomic mass is 16.2. The summed E-state index contributed by atoms with van der Waals surface area (Å²) in [6.07, 6.45) is 7.29. The van der Waals surface area contributed by atoms with Crippen LogP contribution < -0.4 is 15.5 Å². The zero-order valence-electron chi connectivity index (χ0n) is 16.7. The number of aromatic nitrogens is 2. The van der Waals surface area contributed by atoms with Crippen molar-refractivity contribution in [2.45, 2.75) is 18.9 Å². The molecule has 2 aromatic rings. The normalized spacial score (nSPS) is 17.0. The molecule has 2 aliphatic rings. The van der Waals surface area contributed by atoms with Crippen molar-refractivity contribution in [3.8, 4) is 0 Å². The molecular formula is C21H25N7O. The Kier molecular flexibility index (Phi) is 5.26. The number of benzene rings is 1. The van der Waals surface area contributed by atoms with Gasteiger partial charge in [0.15, 0.2) is 0 Å². The lowest BCUT2D eigenvalue weighted by Crippen LogP contribution is -2.41. The van der Waals surface area contributed by atoms with E-state index in [1.165, 1.54) is 4.90 Å². The van der Waals surface area contributed by atoms with E-state index >= 15 is 0 Å². The monoisotopic (exact) mass is 391 g/mol. The molecule has 0 aliphatic carbocycles. The van der Waals surface area contributed by atoms with Gasteiger partial charge in [0, 0.05) is 31.9 Å². The summed E-state index contributed by atoms with van der Waals surface area (Å²) >= 11 is 0. The van der Waals surface area contributed by atoms with Gasteiger partial charge in [0.2, 0.25) is 0 Å². The Hall–Kier alpha value is -3.26. The Labute approximate surface area is 170 Å². The van der Waals surface area contributed by atoms with Crippen LogP contribution in [0.3, 0.4) is 0 Å². The van der Waals surface area contributed by atoms with Crippen LogP contribution in [0.2, 0.25) is 0 Å². The van der Waals surface area contributed by atoms with Gasteiger partial charge in [0.05, 0.1) is 29.1 Å². The van der Waals surface area contributed by atoms with Gasteiger partial charge in [-0.1, -0.05) is 6.58 Å². The Morgan fingerprint density at radius 1 is 1.21 bits per heavy atom. The molecule has 0 unspecified atom stereocenters. The number of nitrogens with zero attached hydrogens (tertiary/aromatic N) is 5. The number of hydrogen-bond acceptors (Lipinski definition) is 7. The van der Waals surface area contributed by atoms with Crippen LogP contribution in [-0.4, -0.2) is 60.2 Å². The predicted molar refractivity (Wildman–Crippen MR) is 115 cm³/mol. The lowest BCUT2D eigenvalue weighted by molar-refractivity contribution is 0.0843. The van der Waals surface area contributed by atoms with E-state index in [1.54, 1.807) is 37.8 Å². The number of hydrogen-bond donors (Lipinski definition) is 2. The van der Waals surface area contributed by atoms with Crippen LogP contribution in [0.15, 0.2) is 53.7 Å². The van der Waals surface area contributed by atoms with Crippen molar-refractivity contribution < 1.29 is 4.79 Å². The number of rotatable bonds is 4. The summed E-state index contributed by atoms with van der Waals surface area (Å²) in [7, 11) is 3.78. The molecule has 1 aromatic heterocycles. The fourth-order valence-electron chi connectivity index (χ4n) is 3.56. The molecule has 1 amide bonds. The maximum absolute atomic E-state index is 12.9. The molecule has 0 bridgehead atoms. The van der Waals surface area contributed by atoms with Crippen LogP contribution in [0.5, 0.6) is 0 Å². The van der Waals surface area contributed by atoms with Gasteiger partial charge in [-0.15, -0.1) is 0 Å². The molecule has 0 saturated carbocycles. The molecule has 4 rings (SSSR count). The van der Waals surface area contributed by atoms with Crippen molar-refractivity contribution in [3.63, 3.8) is 0 Å². The van der Waals surface area contributed by atoms with Gasteiger partial charge in [-0.3, -0.25) is 9.78 Å². The Morgan fingerprint density at radius 3 is 2.72 bits per heavy atom. The Bertz CT molecular complexity index is 1010. The van der Waals surface area contributed by atoms with Crippen LogP contribution in [0.1, 0.15) is 23.2 Å². The molecule has 2 N–H and O–H groups in total. The van der Waals surface area contributed by atoms with E-state index in [9.17, 15) is 4.79 Å². The number of aliphatic imine (C=N–C) groups is 1. The van der Waals surface area contributed by atoms with E-state index in [1.807, 2.05) is 6.07 Å². The van der Waals surface area contributed by atoms with E-state index in [4.69, 9.17) is 4.98 Å². The van der Waals surface area contributed by atoms with Crippen LogP contribution in [0.25, 0.3) is 11.0 Å². The van der Waals surface area contributed by atoms with Crippen LogP contribution >= 0.6 is 0 Å². The number of nitrogens with one attached hydrogen (secondary N) is 2. The zero-order valence-corrected chi connectivity index (χ0v) is 16.7. The molecular weight excluding hydrogens is 366 g/mol. The van der Waals surface area contributed by atoms with E-state index in [0.717, 1.165) is 37.3 Å². The molecule has 29 heavy (non-hydrogen) atoms. The van der Waals surface area contributed by atoms with Crippen molar-refractivity contribution in [3.05, 3.63) is 54.3 Å². The quantitative estimate of drug-likeness (QED) is 0.828. The summed E-state index contributed by atoms with van der Waals surface area (Å²) < 4.78 is 0. The first-order valence-electron chi connectivity index (χ1n) is 9.71. The number of fused-ring (bicyclic) bond motifs is 1. The number of piperidine rings is 1. The van der Waals surface area contributed by atoms with Crippen LogP contribution in [0.4, 0.5) is 5.82 Å². The molecule has 0 radical (unpaired) electrons. The predicted octanol–water partition coefficient (Wildman–Crippen LogP) is 1.88. The summed E-state index contributed by atoms with van der Waals surface area (Å²) in [4.78, 5) is 30.0. The summed E-state index contributed by atoms with van der Waals surface area (Å²) in [6.45, 7) is 5.77. The molecule has 0 atom stereocenters. The van der Waals surface area contributed by atoms with E-state index < -0.39 is 0 Å². The van der Waals surface area contributed by atoms with Crippen molar-refractivity contribution in [1.29, 1.82) is 0 Å². The SMILES string of the molecule is C=C1N=CC(N(C)C(=O)c2ccc3nc(N(C)C4CCNCC4)cnc3c2)=CN1. The van der Waals surface area contributed by atoms with E-state index in [0.29, 0.717) is 28.6 Å². The smallest absolute Gasteiger partial charge is 0.258 e. The first-order chi connectivity index (χ1) is 14.0. The second kappa shape index (κ2) is 8.00. The topological polar surface area (TPSA) is 85.8 Å². The van der Waals surface area contributed by atoms with Crippen molar-refractivity contribution in [2.75, 3.05) is 32.1 Å². The average molecular weight is 391 g/mol. The summed E-state index contributed by atoms with van der Waals surface area (Å²) in [5.74, 6) is 1.26. The molecule has 8 nitrogen and oxygen atoms in total. The minimum absolute atomic E-state index is 0.142. The molecule has 1 aromatic carbocycles. The van der Waals surface area contributed by atoms with Gasteiger partial charge in [0.25, 0.3) is 5.91 Å². The number of allylic oxidation sites excluding steroid dienone is 1. The van der Waals surface area contributed by atoms with Crippen molar-refractivity contribution in [2.24, 2.45) is 4.99 Å². The molecule has 2 aliphatic heterocycles. The third-order valence-corrected chi connectivity index (χ3v) is 5.43. The lowest BCUT2D eigenvalue weighted by atomic mass is 10.1. The minimum atomic E-state index is -0.142. The minimum Gasteiger partial charge on any atom is -0.355 e. The standard InChI is InChI=1S/C21H25N7O/c1-14-23-11-17(12-24-14)28(3)21(29)15-4-5-18-19(10-15)25-13-20(26-18)27(2)16-6-8-22-9-7-16/h4-5,10-13,16,22-23H,1,6-9H2,2-3H3. The van der Waals surface area contributed by atoms with Crippen molar-refractivity contribution >= 4 is 29.0 Å². The van der Waals surface area contributed by atoms with Gasteiger partial charge in [-0.25, -0.2) is 9.98 Å². The number of carbonyl (C=O) groups excluding carboxylic acids is 1. The lowest BCUT2D eigenvalue weighted by Gasteiger charge is -2.32. The Morgan fingerprint density at radius 2 is 2.00 bits per heavy atom. The van der Waals surface area contributed by atoms with Crippen LogP contribution in [-0.2, 0) is 0 Å². The first kappa shape index (κ1) is 19.1. The average Bonchev–Trinajstić information content (AvgIpc) is 2.78. The first-order valence-corrected chi connectivity index (χ1v) is 9.71. The highest BCUT2D eigenvalue weighted by molar-refractivity contribution is 6.01. The third kappa shape index (κ3) is 3.97. The second-order valence-electron chi connectivity index (χ2n) is 7.31.